The first-order valence-corrected chi connectivity index (χ1v) is 6.55. The first-order valence-electron chi connectivity index (χ1n) is 6.55. The Hall–Kier alpha value is -2.40. The van der Waals surface area contributed by atoms with Crippen molar-refractivity contribution in [2.75, 3.05) is 0 Å². The van der Waals surface area contributed by atoms with Crippen molar-refractivity contribution in [3.05, 3.63) is 66.2 Å². The van der Waals surface area contributed by atoms with Crippen LogP contribution in [0.3, 0.4) is 0 Å². The van der Waals surface area contributed by atoms with Crippen molar-refractivity contribution in [2.45, 2.75) is 12.5 Å². The minimum absolute atomic E-state index is 0.0725. The highest BCUT2D eigenvalue weighted by Crippen LogP contribution is 2.16. The van der Waals surface area contributed by atoms with Crippen LogP contribution in [0, 0.1) is 0 Å². The van der Waals surface area contributed by atoms with Gasteiger partial charge in [0.25, 0.3) is 0 Å². The van der Waals surface area contributed by atoms with Crippen LogP contribution in [0.15, 0.2) is 55.1 Å². The number of para-hydroxylation sites is 1. The van der Waals surface area contributed by atoms with Gasteiger partial charge in [-0.15, -0.1) is 0 Å². The minimum atomic E-state index is -0.0725. The van der Waals surface area contributed by atoms with E-state index in [0.29, 0.717) is 0 Å². The highest BCUT2D eigenvalue weighted by molar-refractivity contribution is 5.31. The lowest BCUT2D eigenvalue weighted by Gasteiger charge is -2.07. The van der Waals surface area contributed by atoms with Crippen molar-refractivity contribution in [1.82, 2.24) is 19.6 Å². The molecule has 3 aromatic rings. The summed E-state index contributed by atoms with van der Waals surface area (Å²) in [5, 5.41) is 8.53. The highest BCUT2D eigenvalue weighted by atomic mass is 15.3. The predicted octanol–water partition coefficient (Wildman–Crippen LogP) is 1.85. The quantitative estimate of drug-likeness (QED) is 0.784. The zero-order chi connectivity index (χ0) is 13.9. The van der Waals surface area contributed by atoms with Gasteiger partial charge in [0.2, 0.25) is 0 Å². The maximum atomic E-state index is 6.24. The van der Waals surface area contributed by atoms with E-state index in [1.54, 1.807) is 4.68 Å². The van der Waals surface area contributed by atoms with Gasteiger partial charge in [-0.1, -0.05) is 18.2 Å². The fraction of sp³-hybridized carbons (Fsp3) is 0.200. The van der Waals surface area contributed by atoms with Gasteiger partial charge in [-0.2, -0.15) is 10.2 Å². The lowest BCUT2D eigenvalue weighted by Crippen LogP contribution is -2.12. The maximum Gasteiger partial charge on any atom is 0.0645 e. The molecule has 3 rings (SSSR count). The summed E-state index contributed by atoms with van der Waals surface area (Å²) in [5.41, 5.74) is 9.43. The normalized spacial score (nSPS) is 12.5. The van der Waals surface area contributed by atoms with Gasteiger partial charge in [0.1, 0.15) is 0 Å². The molecule has 1 aromatic carbocycles. The molecule has 5 heteroatoms. The molecule has 2 N–H and O–H groups in total. The number of nitrogens with two attached hydrogens (primary N) is 1. The van der Waals surface area contributed by atoms with Gasteiger partial charge in [0, 0.05) is 31.0 Å². The molecule has 2 aromatic heterocycles. The number of nitrogens with zero attached hydrogens (tertiary/aromatic N) is 4. The molecule has 0 aliphatic heterocycles. The molecular formula is C15H17N5. The monoisotopic (exact) mass is 267 g/mol. The molecule has 2 heterocycles. The summed E-state index contributed by atoms with van der Waals surface area (Å²) in [6.45, 7) is 0. The van der Waals surface area contributed by atoms with E-state index in [4.69, 9.17) is 5.73 Å². The molecule has 0 spiro atoms. The van der Waals surface area contributed by atoms with Crippen LogP contribution in [0.25, 0.3) is 5.69 Å². The molecule has 5 nitrogen and oxygen atoms in total. The summed E-state index contributed by atoms with van der Waals surface area (Å²) in [6, 6.07) is 9.93. The Balaban J connectivity index is 1.76. The van der Waals surface area contributed by atoms with Crippen molar-refractivity contribution in [3.63, 3.8) is 0 Å². The van der Waals surface area contributed by atoms with E-state index in [1.165, 1.54) is 0 Å². The van der Waals surface area contributed by atoms with E-state index in [0.717, 1.165) is 23.2 Å². The second-order valence-corrected chi connectivity index (χ2v) is 4.89. The molecular weight excluding hydrogens is 250 g/mol. The standard InChI is InChI=1S/C15H17N5/c1-19-10-12(8-17-19)7-15(16)13-9-18-20(11-13)14-5-3-2-4-6-14/h2-6,8-11,15H,7,16H2,1H3. The van der Waals surface area contributed by atoms with Gasteiger partial charge in [0.15, 0.2) is 0 Å². The van der Waals surface area contributed by atoms with Gasteiger partial charge < -0.3 is 5.73 Å². The molecule has 0 radical (unpaired) electrons. The van der Waals surface area contributed by atoms with Crippen LogP contribution in [0.5, 0.6) is 0 Å². The van der Waals surface area contributed by atoms with E-state index in [-0.39, 0.29) is 6.04 Å². The maximum absolute atomic E-state index is 6.24. The average molecular weight is 267 g/mol. The van der Waals surface area contributed by atoms with Crippen molar-refractivity contribution in [3.8, 4) is 5.69 Å². The zero-order valence-electron chi connectivity index (χ0n) is 11.3. The molecule has 20 heavy (non-hydrogen) atoms. The highest BCUT2D eigenvalue weighted by Gasteiger charge is 2.11. The minimum Gasteiger partial charge on any atom is -0.324 e. The number of aromatic nitrogens is 4. The topological polar surface area (TPSA) is 61.7 Å². The SMILES string of the molecule is Cn1cc(CC(N)c2cnn(-c3ccccc3)c2)cn1. The van der Waals surface area contributed by atoms with Crippen LogP contribution in [-0.4, -0.2) is 19.6 Å². The molecule has 0 amide bonds. The summed E-state index contributed by atoms with van der Waals surface area (Å²) < 4.78 is 3.63. The van der Waals surface area contributed by atoms with Crippen molar-refractivity contribution < 1.29 is 0 Å². The molecule has 0 bridgehead atoms. The zero-order valence-corrected chi connectivity index (χ0v) is 11.3. The Morgan fingerprint density at radius 3 is 2.60 bits per heavy atom. The number of hydrogen-bond donors (Lipinski definition) is 1. The lowest BCUT2D eigenvalue weighted by atomic mass is 10.1. The fourth-order valence-corrected chi connectivity index (χ4v) is 2.20. The van der Waals surface area contributed by atoms with Gasteiger partial charge in [-0.3, -0.25) is 4.68 Å². The van der Waals surface area contributed by atoms with E-state index >= 15 is 0 Å². The van der Waals surface area contributed by atoms with Crippen LogP contribution >= 0.6 is 0 Å². The van der Waals surface area contributed by atoms with Crippen molar-refractivity contribution >= 4 is 0 Å². The van der Waals surface area contributed by atoms with E-state index in [9.17, 15) is 0 Å². The molecule has 0 saturated carbocycles. The van der Waals surface area contributed by atoms with Crippen LogP contribution in [0.4, 0.5) is 0 Å². The number of rotatable bonds is 4. The lowest BCUT2D eigenvalue weighted by molar-refractivity contribution is 0.718. The van der Waals surface area contributed by atoms with Gasteiger partial charge in [0.05, 0.1) is 18.1 Å². The Labute approximate surface area is 117 Å². The number of hydrogen-bond acceptors (Lipinski definition) is 3. The Morgan fingerprint density at radius 1 is 1.10 bits per heavy atom. The molecule has 0 aliphatic carbocycles. The summed E-state index contributed by atoms with van der Waals surface area (Å²) in [5.74, 6) is 0. The van der Waals surface area contributed by atoms with Gasteiger partial charge >= 0.3 is 0 Å². The van der Waals surface area contributed by atoms with Crippen LogP contribution in [0.2, 0.25) is 0 Å². The van der Waals surface area contributed by atoms with Crippen molar-refractivity contribution in [1.29, 1.82) is 0 Å². The molecule has 1 atom stereocenters. The molecule has 0 aliphatic rings. The summed E-state index contributed by atoms with van der Waals surface area (Å²) in [6.07, 6.45) is 8.40. The van der Waals surface area contributed by atoms with Crippen molar-refractivity contribution in [2.24, 2.45) is 12.8 Å². The fourth-order valence-electron chi connectivity index (χ4n) is 2.20. The van der Waals surface area contributed by atoms with E-state index in [1.807, 2.05) is 66.8 Å². The van der Waals surface area contributed by atoms with Crippen LogP contribution in [0.1, 0.15) is 17.2 Å². The number of benzene rings is 1. The van der Waals surface area contributed by atoms with Gasteiger partial charge in [-0.25, -0.2) is 4.68 Å². The third-order valence-electron chi connectivity index (χ3n) is 3.27. The smallest absolute Gasteiger partial charge is 0.0645 e. The summed E-state index contributed by atoms with van der Waals surface area (Å²) in [7, 11) is 1.91. The first-order chi connectivity index (χ1) is 9.72. The second kappa shape index (κ2) is 5.30. The first kappa shape index (κ1) is 12.6. The van der Waals surface area contributed by atoms with E-state index in [2.05, 4.69) is 10.2 Å². The molecule has 0 saturated heterocycles. The molecule has 0 fully saturated rings. The Morgan fingerprint density at radius 2 is 1.90 bits per heavy atom. The molecule has 102 valence electrons. The van der Waals surface area contributed by atoms with Crippen LogP contribution in [-0.2, 0) is 13.5 Å². The summed E-state index contributed by atoms with van der Waals surface area (Å²) >= 11 is 0. The predicted molar refractivity (Wildman–Crippen MR) is 77.4 cm³/mol. The Bertz CT molecular complexity index is 683. The molecule has 1 unspecified atom stereocenters. The Kier molecular flexibility index (Phi) is 3.35. The summed E-state index contributed by atoms with van der Waals surface area (Å²) in [4.78, 5) is 0. The third kappa shape index (κ3) is 2.62. The van der Waals surface area contributed by atoms with Gasteiger partial charge in [-0.05, 0) is 24.1 Å². The number of aryl methyl sites for hydroxylation is 1. The largest absolute Gasteiger partial charge is 0.324 e. The average Bonchev–Trinajstić information content (AvgIpc) is 3.09. The van der Waals surface area contributed by atoms with E-state index < -0.39 is 0 Å². The second-order valence-electron chi connectivity index (χ2n) is 4.89. The third-order valence-corrected chi connectivity index (χ3v) is 3.27. The van der Waals surface area contributed by atoms with Crippen LogP contribution < -0.4 is 5.73 Å².